The number of phenols is 1. The number of benzene rings is 1. The molecule has 3 N–H and O–H groups in total. The van der Waals surface area contributed by atoms with Crippen molar-refractivity contribution in [3.63, 3.8) is 0 Å². The lowest BCUT2D eigenvalue weighted by atomic mass is 9.86. The summed E-state index contributed by atoms with van der Waals surface area (Å²) in [5.74, 6) is -0.110. The fourth-order valence-electron chi connectivity index (χ4n) is 4.53. The van der Waals surface area contributed by atoms with Gasteiger partial charge in [-0.1, -0.05) is 0 Å². The van der Waals surface area contributed by atoms with Gasteiger partial charge in [-0.05, 0) is 56.5 Å². The molecule has 5 rings (SSSR count). The first kappa shape index (κ1) is 21.0. The molecule has 1 aliphatic carbocycles. The van der Waals surface area contributed by atoms with Gasteiger partial charge in [-0.2, -0.15) is 22.8 Å². The van der Waals surface area contributed by atoms with Gasteiger partial charge in [-0.15, -0.1) is 10.2 Å². The molecule has 0 spiro atoms. The predicted octanol–water partition coefficient (Wildman–Crippen LogP) is 2.92. The van der Waals surface area contributed by atoms with Crippen molar-refractivity contribution in [3.05, 3.63) is 36.0 Å². The van der Waals surface area contributed by atoms with E-state index in [-0.39, 0.29) is 29.4 Å². The van der Waals surface area contributed by atoms with Gasteiger partial charge in [0.25, 0.3) is 0 Å². The number of aromatic hydroxyl groups is 1. The molecule has 1 saturated heterocycles. The minimum absolute atomic E-state index is 0.101. The van der Waals surface area contributed by atoms with Crippen LogP contribution in [0.3, 0.4) is 0 Å². The van der Waals surface area contributed by atoms with Gasteiger partial charge in [-0.3, -0.25) is 4.90 Å². The molecule has 11 heteroatoms. The number of piperidine rings is 1. The van der Waals surface area contributed by atoms with Gasteiger partial charge in [0.05, 0.1) is 23.4 Å². The molecule has 0 bridgehead atoms. The standard InChI is InChI=1S/C21H23F3N6O2/c22-21(23,24)12-3-4-14(18(32)10-12)19-16-7-8-25-30(16)20(28-27-19)26-13-2-1-9-29(11-13)15-5-6-17(15)31/h3-4,7-8,10,13,15,17,31-32H,1-2,5-6,9,11H2,(H,26,28)/t13-,15-,17-/m1/s1. The van der Waals surface area contributed by atoms with Crippen LogP contribution in [0.1, 0.15) is 31.2 Å². The topological polar surface area (TPSA) is 98.8 Å². The van der Waals surface area contributed by atoms with E-state index < -0.39 is 17.5 Å². The van der Waals surface area contributed by atoms with Crippen molar-refractivity contribution in [1.29, 1.82) is 0 Å². The number of aliphatic hydroxyl groups excluding tert-OH is 1. The van der Waals surface area contributed by atoms with E-state index in [0.717, 1.165) is 44.8 Å². The average molecular weight is 448 g/mol. The van der Waals surface area contributed by atoms with Crippen LogP contribution in [0.15, 0.2) is 30.5 Å². The molecule has 3 aromatic rings. The Morgan fingerprint density at radius 1 is 1.09 bits per heavy atom. The zero-order valence-electron chi connectivity index (χ0n) is 17.1. The maximum atomic E-state index is 12.9. The summed E-state index contributed by atoms with van der Waals surface area (Å²) >= 11 is 0. The van der Waals surface area contributed by atoms with Crippen LogP contribution in [0.2, 0.25) is 0 Å². The molecular weight excluding hydrogens is 425 g/mol. The van der Waals surface area contributed by atoms with E-state index in [1.807, 2.05) is 0 Å². The van der Waals surface area contributed by atoms with Crippen LogP contribution >= 0.6 is 0 Å². The van der Waals surface area contributed by atoms with E-state index in [1.165, 1.54) is 10.6 Å². The van der Waals surface area contributed by atoms with Gasteiger partial charge in [0.15, 0.2) is 0 Å². The number of fused-ring (bicyclic) bond motifs is 1. The summed E-state index contributed by atoms with van der Waals surface area (Å²) < 4.78 is 40.3. The molecule has 32 heavy (non-hydrogen) atoms. The highest BCUT2D eigenvalue weighted by atomic mass is 19.4. The van der Waals surface area contributed by atoms with Crippen molar-refractivity contribution >= 4 is 11.5 Å². The first-order valence-electron chi connectivity index (χ1n) is 10.6. The van der Waals surface area contributed by atoms with Crippen LogP contribution < -0.4 is 5.32 Å². The van der Waals surface area contributed by atoms with Gasteiger partial charge >= 0.3 is 6.18 Å². The van der Waals surface area contributed by atoms with Gasteiger partial charge in [-0.25, -0.2) is 0 Å². The predicted molar refractivity (Wildman–Crippen MR) is 110 cm³/mol. The molecule has 8 nitrogen and oxygen atoms in total. The van der Waals surface area contributed by atoms with E-state index >= 15 is 0 Å². The lowest BCUT2D eigenvalue weighted by molar-refractivity contribution is -0.137. The molecular formula is C21H23F3N6O2. The van der Waals surface area contributed by atoms with E-state index in [9.17, 15) is 23.4 Å². The monoisotopic (exact) mass is 448 g/mol. The SMILES string of the molecule is Oc1cc(C(F)(F)F)ccc1-c1nnc(N[C@@H]2CCCN([C@@H]3CC[C@H]3O)C2)n2nccc12. The number of nitrogens with one attached hydrogen (secondary N) is 1. The summed E-state index contributed by atoms with van der Waals surface area (Å²) in [6, 6.07) is 4.75. The second-order valence-electron chi connectivity index (χ2n) is 8.42. The van der Waals surface area contributed by atoms with E-state index in [4.69, 9.17) is 0 Å². The number of halogens is 3. The lowest BCUT2D eigenvalue weighted by Gasteiger charge is -2.45. The van der Waals surface area contributed by atoms with Gasteiger partial charge < -0.3 is 15.5 Å². The number of aliphatic hydroxyl groups is 1. The fraction of sp³-hybridized carbons (Fsp3) is 0.476. The number of hydrogen-bond donors (Lipinski definition) is 3. The highest BCUT2D eigenvalue weighted by Gasteiger charge is 2.36. The largest absolute Gasteiger partial charge is 0.507 e. The third-order valence-corrected chi connectivity index (χ3v) is 6.37. The highest BCUT2D eigenvalue weighted by Crippen LogP contribution is 2.37. The summed E-state index contributed by atoms with van der Waals surface area (Å²) in [6.45, 7) is 1.72. The summed E-state index contributed by atoms with van der Waals surface area (Å²) in [4.78, 5) is 2.30. The molecule has 0 unspecified atom stereocenters. The molecule has 3 heterocycles. The van der Waals surface area contributed by atoms with Crippen LogP contribution in [0.5, 0.6) is 5.75 Å². The number of anilines is 1. The molecule has 2 aliphatic rings. The minimum atomic E-state index is -4.55. The van der Waals surface area contributed by atoms with Crippen LogP contribution in [-0.4, -0.2) is 66.2 Å². The Balaban J connectivity index is 1.41. The Morgan fingerprint density at radius 3 is 2.62 bits per heavy atom. The zero-order chi connectivity index (χ0) is 22.5. The Bertz CT molecular complexity index is 1130. The maximum absolute atomic E-state index is 12.9. The molecule has 170 valence electrons. The van der Waals surface area contributed by atoms with Crippen LogP contribution in [-0.2, 0) is 6.18 Å². The van der Waals surface area contributed by atoms with Crippen LogP contribution in [0.4, 0.5) is 19.1 Å². The second kappa shape index (κ2) is 7.89. The average Bonchev–Trinajstić information content (AvgIpc) is 3.23. The number of hydrogen-bond acceptors (Lipinski definition) is 7. The first-order chi connectivity index (χ1) is 15.3. The lowest BCUT2D eigenvalue weighted by Crippen LogP contribution is -2.55. The zero-order valence-corrected chi connectivity index (χ0v) is 17.1. The quantitative estimate of drug-likeness (QED) is 0.565. The van der Waals surface area contributed by atoms with Gasteiger partial charge in [0, 0.05) is 24.2 Å². The molecule has 1 saturated carbocycles. The summed E-state index contributed by atoms with van der Waals surface area (Å²) in [5.41, 5.74) is -0.0416. The van der Waals surface area contributed by atoms with Crippen molar-refractivity contribution in [2.24, 2.45) is 0 Å². The van der Waals surface area contributed by atoms with E-state index in [2.05, 4.69) is 25.5 Å². The summed E-state index contributed by atoms with van der Waals surface area (Å²) in [6.07, 6.45) is 0.512. The summed E-state index contributed by atoms with van der Waals surface area (Å²) in [7, 11) is 0. The third kappa shape index (κ3) is 3.75. The number of alkyl halides is 3. The third-order valence-electron chi connectivity index (χ3n) is 6.37. The fourth-order valence-corrected chi connectivity index (χ4v) is 4.53. The Labute approximate surface area is 181 Å². The Hall–Kier alpha value is -2.92. The number of aromatic nitrogens is 4. The van der Waals surface area contributed by atoms with Crippen LogP contribution in [0, 0.1) is 0 Å². The molecule has 2 aromatic heterocycles. The number of likely N-dealkylation sites (tertiary alicyclic amines) is 1. The number of rotatable bonds is 4. The van der Waals surface area contributed by atoms with Crippen molar-refractivity contribution in [2.75, 3.05) is 18.4 Å². The molecule has 3 atom stereocenters. The Kier molecular flexibility index (Phi) is 5.17. The second-order valence-corrected chi connectivity index (χ2v) is 8.42. The van der Waals surface area contributed by atoms with Crippen LogP contribution in [0.25, 0.3) is 16.8 Å². The van der Waals surface area contributed by atoms with Crippen molar-refractivity contribution in [2.45, 2.75) is 50.0 Å². The first-order valence-corrected chi connectivity index (χ1v) is 10.6. The molecule has 1 aliphatic heterocycles. The van der Waals surface area contributed by atoms with Gasteiger partial charge in [0.2, 0.25) is 5.95 Å². The molecule has 0 amide bonds. The van der Waals surface area contributed by atoms with Crippen molar-refractivity contribution in [1.82, 2.24) is 24.7 Å². The highest BCUT2D eigenvalue weighted by molar-refractivity contribution is 5.80. The normalized spacial score (nSPS) is 24.4. The minimum Gasteiger partial charge on any atom is -0.507 e. The van der Waals surface area contributed by atoms with Crippen molar-refractivity contribution in [3.8, 4) is 17.0 Å². The molecule has 0 radical (unpaired) electrons. The van der Waals surface area contributed by atoms with E-state index in [0.29, 0.717) is 17.5 Å². The van der Waals surface area contributed by atoms with Gasteiger partial charge in [0.1, 0.15) is 11.4 Å². The summed E-state index contributed by atoms with van der Waals surface area (Å²) in [5, 5.41) is 36.3. The maximum Gasteiger partial charge on any atom is 0.416 e. The number of nitrogens with zero attached hydrogens (tertiary/aromatic N) is 5. The molecule has 2 fully saturated rings. The number of phenolic OH excluding ortho intramolecular Hbond substituents is 1. The molecule has 1 aromatic carbocycles. The smallest absolute Gasteiger partial charge is 0.416 e. The Morgan fingerprint density at radius 2 is 1.94 bits per heavy atom. The van der Waals surface area contributed by atoms with E-state index in [1.54, 1.807) is 12.3 Å². The van der Waals surface area contributed by atoms with Crippen molar-refractivity contribution < 1.29 is 23.4 Å².